The molecule has 7 nitrogen and oxygen atoms in total. The van der Waals surface area contributed by atoms with E-state index in [1.54, 1.807) is 11.9 Å². The summed E-state index contributed by atoms with van der Waals surface area (Å²) in [6.07, 6.45) is 0.0335. The summed E-state index contributed by atoms with van der Waals surface area (Å²) >= 11 is 0. The molecule has 1 unspecified atom stereocenters. The molecule has 19 heavy (non-hydrogen) atoms. The predicted molar refractivity (Wildman–Crippen MR) is 70.0 cm³/mol. The number of aromatic nitrogens is 3. The van der Waals surface area contributed by atoms with E-state index in [-0.39, 0.29) is 23.8 Å². The van der Waals surface area contributed by atoms with Crippen molar-refractivity contribution in [2.75, 3.05) is 33.3 Å². The smallest absolute Gasteiger partial charge is 0.293 e. The maximum Gasteiger partial charge on any atom is 0.293 e. The van der Waals surface area contributed by atoms with Crippen LogP contribution >= 0.6 is 0 Å². The van der Waals surface area contributed by atoms with E-state index < -0.39 is 0 Å². The van der Waals surface area contributed by atoms with Crippen molar-refractivity contribution in [1.29, 1.82) is 0 Å². The Bertz CT molecular complexity index is 426. The standard InChI is InChI=1S/C12H21N5O2/c1-8(2)10-14-11(16-15-10)12(18)17(3)7-9-6-13-4-5-19-9/h8-9,13H,4-7H2,1-3H3,(H,14,15,16). The van der Waals surface area contributed by atoms with Crippen molar-refractivity contribution in [2.24, 2.45) is 0 Å². The first-order valence-corrected chi connectivity index (χ1v) is 6.58. The number of aromatic amines is 1. The number of rotatable bonds is 4. The average molecular weight is 267 g/mol. The van der Waals surface area contributed by atoms with Gasteiger partial charge in [-0.25, -0.2) is 4.98 Å². The summed E-state index contributed by atoms with van der Waals surface area (Å²) in [5.74, 6) is 0.991. The summed E-state index contributed by atoms with van der Waals surface area (Å²) < 4.78 is 5.57. The molecule has 0 aliphatic carbocycles. The van der Waals surface area contributed by atoms with Crippen LogP contribution in [-0.2, 0) is 4.74 Å². The topological polar surface area (TPSA) is 83.1 Å². The third-order valence-electron chi connectivity index (χ3n) is 3.07. The van der Waals surface area contributed by atoms with Gasteiger partial charge in [0, 0.05) is 32.6 Å². The third-order valence-corrected chi connectivity index (χ3v) is 3.07. The van der Waals surface area contributed by atoms with Crippen molar-refractivity contribution >= 4 is 5.91 Å². The number of nitrogens with zero attached hydrogens (tertiary/aromatic N) is 3. The van der Waals surface area contributed by atoms with Gasteiger partial charge in [-0.2, -0.15) is 0 Å². The highest BCUT2D eigenvalue weighted by molar-refractivity contribution is 5.90. The van der Waals surface area contributed by atoms with Gasteiger partial charge in [-0.1, -0.05) is 13.8 Å². The average Bonchev–Trinajstić information content (AvgIpc) is 2.88. The fourth-order valence-corrected chi connectivity index (χ4v) is 1.92. The minimum absolute atomic E-state index is 0.0335. The summed E-state index contributed by atoms with van der Waals surface area (Å²) in [6.45, 7) is 6.86. The number of likely N-dealkylation sites (N-methyl/N-ethyl adjacent to an activating group) is 1. The van der Waals surface area contributed by atoms with E-state index in [1.807, 2.05) is 13.8 Å². The van der Waals surface area contributed by atoms with Crippen LogP contribution in [-0.4, -0.2) is 65.4 Å². The molecule has 1 fully saturated rings. The molecule has 0 radical (unpaired) electrons. The van der Waals surface area contributed by atoms with Crippen LogP contribution in [0.1, 0.15) is 36.2 Å². The lowest BCUT2D eigenvalue weighted by Crippen LogP contribution is -2.45. The number of carbonyl (C=O) groups excluding carboxylic acids is 1. The number of hydrogen-bond acceptors (Lipinski definition) is 5. The zero-order valence-electron chi connectivity index (χ0n) is 11.6. The predicted octanol–water partition coefficient (Wildman–Crippen LogP) is -0.0115. The highest BCUT2D eigenvalue weighted by Gasteiger charge is 2.22. The van der Waals surface area contributed by atoms with E-state index in [2.05, 4.69) is 20.5 Å². The third kappa shape index (κ3) is 3.51. The van der Waals surface area contributed by atoms with E-state index in [1.165, 1.54) is 0 Å². The molecule has 0 bridgehead atoms. The molecule has 2 N–H and O–H groups in total. The first-order valence-electron chi connectivity index (χ1n) is 6.58. The van der Waals surface area contributed by atoms with Gasteiger partial charge in [-0.3, -0.25) is 9.89 Å². The van der Waals surface area contributed by atoms with Gasteiger partial charge in [0.1, 0.15) is 5.82 Å². The quantitative estimate of drug-likeness (QED) is 0.801. The molecule has 1 saturated heterocycles. The Morgan fingerprint density at radius 2 is 2.37 bits per heavy atom. The second kappa shape index (κ2) is 6.12. The molecule has 1 aromatic rings. The van der Waals surface area contributed by atoms with Crippen LogP contribution in [0.5, 0.6) is 0 Å². The monoisotopic (exact) mass is 267 g/mol. The summed E-state index contributed by atoms with van der Waals surface area (Å²) in [6, 6.07) is 0. The van der Waals surface area contributed by atoms with Gasteiger partial charge in [0.05, 0.1) is 12.7 Å². The first-order chi connectivity index (χ1) is 9.08. The van der Waals surface area contributed by atoms with E-state index >= 15 is 0 Å². The van der Waals surface area contributed by atoms with Crippen LogP contribution in [0.3, 0.4) is 0 Å². The van der Waals surface area contributed by atoms with E-state index in [0.29, 0.717) is 13.2 Å². The molecule has 1 amide bonds. The molecule has 0 saturated carbocycles. The van der Waals surface area contributed by atoms with Crippen LogP contribution in [0, 0.1) is 0 Å². The molecule has 1 atom stereocenters. The lowest BCUT2D eigenvalue weighted by Gasteiger charge is -2.27. The summed E-state index contributed by atoms with van der Waals surface area (Å²) in [5, 5.41) is 10.00. The van der Waals surface area contributed by atoms with Crippen LogP contribution in [0.4, 0.5) is 0 Å². The maximum atomic E-state index is 12.2. The van der Waals surface area contributed by atoms with Gasteiger partial charge in [0.2, 0.25) is 5.82 Å². The second-order valence-corrected chi connectivity index (χ2v) is 5.08. The molecule has 1 aliphatic heterocycles. The van der Waals surface area contributed by atoms with Gasteiger partial charge in [0.25, 0.3) is 5.91 Å². The van der Waals surface area contributed by atoms with Crippen molar-refractivity contribution in [3.63, 3.8) is 0 Å². The van der Waals surface area contributed by atoms with E-state index in [9.17, 15) is 4.79 Å². The maximum absolute atomic E-state index is 12.2. The number of carbonyl (C=O) groups is 1. The molecule has 0 aromatic carbocycles. The number of amides is 1. The number of morpholine rings is 1. The van der Waals surface area contributed by atoms with Crippen molar-refractivity contribution in [2.45, 2.75) is 25.9 Å². The Morgan fingerprint density at radius 3 is 2.95 bits per heavy atom. The lowest BCUT2D eigenvalue weighted by molar-refractivity contribution is 0.0101. The highest BCUT2D eigenvalue weighted by atomic mass is 16.5. The molecular weight excluding hydrogens is 246 g/mol. The van der Waals surface area contributed by atoms with Crippen molar-refractivity contribution in [1.82, 2.24) is 25.4 Å². The fraction of sp³-hybridized carbons (Fsp3) is 0.750. The molecule has 1 aliphatic rings. The number of ether oxygens (including phenoxy) is 1. The number of nitrogens with one attached hydrogen (secondary N) is 2. The first kappa shape index (κ1) is 14.0. The highest BCUT2D eigenvalue weighted by Crippen LogP contribution is 2.09. The molecule has 0 spiro atoms. The molecular formula is C12H21N5O2. The van der Waals surface area contributed by atoms with Gasteiger partial charge in [-0.05, 0) is 0 Å². The van der Waals surface area contributed by atoms with Crippen molar-refractivity contribution < 1.29 is 9.53 Å². The number of hydrogen-bond donors (Lipinski definition) is 2. The summed E-state index contributed by atoms with van der Waals surface area (Å²) in [5.41, 5.74) is 0. The van der Waals surface area contributed by atoms with Crippen LogP contribution in [0.2, 0.25) is 0 Å². The van der Waals surface area contributed by atoms with Crippen LogP contribution in [0.15, 0.2) is 0 Å². The zero-order valence-corrected chi connectivity index (χ0v) is 11.6. The van der Waals surface area contributed by atoms with Crippen molar-refractivity contribution in [3.8, 4) is 0 Å². The van der Waals surface area contributed by atoms with Crippen LogP contribution in [0.25, 0.3) is 0 Å². The van der Waals surface area contributed by atoms with E-state index in [4.69, 9.17) is 4.74 Å². The molecule has 106 valence electrons. The van der Waals surface area contributed by atoms with Gasteiger partial charge in [-0.15, -0.1) is 5.10 Å². The largest absolute Gasteiger partial charge is 0.374 e. The summed E-state index contributed by atoms with van der Waals surface area (Å²) in [7, 11) is 1.74. The number of H-pyrrole nitrogens is 1. The van der Waals surface area contributed by atoms with Gasteiger partial charge < -0.3 is 15.0 Å². The lowest BCUT2D eigenvalue weighted by atomic mass is 10.2. The SMILES string of the molecule is CC(C)c1nc(C(=O)N(C)CC2CNCCO2)n[nH]1. The minimum atomic E-state index is -0.183. The molecule has 7 heteroatoms. The van der Waals surface area contributed by atoms with Crippen LogP contribution < -0.4 is 5.32 Å². The summed E-state index contributed by atoms with van der Waals surface area (Å²) in [4.78, 5) is 18.0. The molecule has 2 heterocycles. The Kier molecular flexibility index (Phi) is 4.49. The van der Waals surface area contributed by atoms with Gasteiger partial charge in [0.15, 0.2) is 0 Å². The van der Waals surface area contributed by atoms with Gasteiger partial charge >= 0.3 is 0 Å². The Morgan fingerprint density at radius 1 is 1.58 bits per heavy atom. The Labute approximate surface area is 112 Å². The fourth-order valence-electron chi connectivity index (χ4n) is 1.92. The van der Waals surface area contributed by atoms with Crippen molar-refractivity contribution in [3.05, 3.63) is 11.6 Å². The Balaban J connectivity index is 1.93. The molecule has 1 aromatic heterocycles. The minimum Gasteiger partial charge on any atom is -0.374 e. The zero-order chi connectivity index (χ0) is 13.8. The Hall–Kier alpha value is -1.47. The van der Waals surface area contributed by atoms with E-state index in [0.717, 1.165) is 18.9 Å². The second-order valence-electron chi connectivity index (χ2n) is 5.08. The molecule has 2 rings (SSSR count). The normalized spacial score (nSPS) is 19.7.